The normalized spacial score (nSPS) is 21.7. The second-order valence-corrected chi connectivity index (χ2v) is 7.36. The van der Waals surface area contributed by atoms with Crippen LogP contribution in [0.25, 0.3) is 10.1 Å². The van der Waals surface area contributed by atoms with Gasteiger partial charge in [-0.3, -0.25) is 4.90 Å². The molecular formula is C18H23N3O2S. The van der Waals surface area contributed by atoms with E-state index in [2.05, 4.69) is 39.9 Å². The van der Waals surface area contributed by atoms with Crippen molar-refractivity contribution in [3.8, 4) is 0 Å². The van der Waals surface area contributed by atoms with Gasteiger partial charge < -0.3 is 15.0 Å². The minimum atomic E-state index is 0.0553. The summed E-state index contributed by atoms with van der Waals surface area (Å²) in [5.74, 6) is 0. The number of morpholine rings is 1. The Hall–Kier alpha value is -1.63. The molecule has 0 unspecified atom stereocenters. The summed E-state index contributed by atoms with van der Waals surface area (Å²) in [6, 6.07) is 8.86. The van der Waals surface area contributed by atoms with Crippen molar-refractivity contribution >= 4 is 27.5 Å². The smallest absolute Gasteiger partial charge is 0.317 e. The number of carbonyl (C=O) groups excluding carboxylic acids is 1. The summed E-state index contributed by atoms with van der Waals surface area (Å²) in [5, 5.41) is 6.60. The lowest BCUT2D eigenvalue weighted by molar-refractivity contribution is -0.0364. The van der Waals surface area contributed by atoms with Crippen LogP contribution in [0, 0.1) is 0 Å². The molecule has 0 aliphatic carbocycles. The van der Waals surface area contributed by atoms with E-state index in [0.717, 1.165) is 45.8 Å². The maximum absolute atomic E-state index is 12.4. The van der Waals surface area contributed by atoms with Crippen LogP contribution in [0.2, 0.25) is 0 Å². The number of piperazine rings is 1. The van der Waals surface area contributed by atoms with Gasteiger partial charge in [0.25, 0.3) is 0 Å². The van der Waals surface area contributed by atoms with E-state index in [1.54, 1.807) is 11.3 Å². The van der Waals surface area contributed by atoms with E-state index in [1.807, 2.05) is 4.90 Å². The van der Waals surface area contributed by atoms with Crippen molar-refractivity contribution in [2.45, 2.75) is 12.5 Å². The monoisotopic (exact) mass is 345 g/mol. The molecule has 1 aromatic heterocycles. The standard InChI is InChI=1S/C18H23N3O2S/c22-18(21-8-7-20-9-10-23-12-15(20)11-21)19-6-5-14-13-24-17-4-2-1-3-16(14)17/h1-4,13,15H,5-12H2,(H,19,22)/t15-/m1/s1. The molecule has 0 bridgehead atoms. The highest BCUT2D eigenvalue weighted by atomic mass is 32.1. The molecule has 3 heterocycles. The summed E-state index contributed by atoms with van der Waals surface area (Å²) in [5.41, 5.74) is 1.32. The average molecular weight is 345 g/mol. The van der Waals surface area contributed by atoms with Crippen molar-refractivity contribution in [3.05, 3.63) is 35.2 Å². The number of rotatable bonds is 3. The molecule has 1 atom stereocenters. The molecule has 24 heavy (non-hydrogen) atoms. The highest BCUT2D eigenvalue weighted by Gasteiger charge is 2.31. The van der Waals surface area contributed by atoms with E-state index in [9.17, 15) is 4.79 Å². The van der Waals surface area contributed by atoms with E-state index in [0.29, 0.717) is 12.6 Å². The molecule has 128 valence electrons. The van der Waals surface area contributed by atoms with E-state index in [-0.39, 0.29) is 6.03 Å². The number of urea groups is 1. The SMILES string of the molecule is O=C(NCCc1csc2ccccc12)N1CCN2CCOC[C@H]2C1. The maximum atomic E-state index is 12.4. The first kappa shape index (κ1) is 15.9. The lowest BCUT2D eigenvalue weighted by Gasteiger charge is -2.43. The van der Waals surface area contributed by atoms with Gasteiger partial charge in [-0.15, -0.1) is 11.3 Å². The molecule has 0 saturated carbocycles. The average Bonchev–Trinajstić information content (AvgIpc) is 3.04. The van der Waals surface area contributed by atoms with Gasteiger partial charge in [0.15, 0.2) is 0 Å². The number of hydrogen-bond acceptors (Lipinski definition) is 4. The molecule has 1 N–H and O–H groups in total. The first-order valence-corrected chi connectivity index (χ1v) is 9.49. The molecule has 5 nitrogen and oxygen atoms in total. The maximum Gasteiger partial charge on any atom is 0.317 e. The van der Waals surface area contributed by atoms with Gasteiger partial charge in [-0.2, -0.15) is 0 Å². The van der Waals surface area contributed by atoms with Gasteiger partial charge in [0.05, 0.1) is 19.3 Å². The van der Waals surface area contributed by atoms with Gasteiger partial charge in [0, 0.05) is 37.4 Å². The molecule has 2 fully saturated rings. The third kappa shape index (κ3) is 3.27. The fourth-order valence-electron chi connectivity index (χ4n) is 3.57. The number of hydrogen-bond donors (Lipinski definition) is 1. The number of ether oxygens (including phenoxy) is 1. The third-order valence-corrected chi connectivity index (χ3v) is 5.97. The summed E-state index contributed by atoms with van der Waals surface area (Å²) in [6.45, 7) is 5.77. The topological polar surface area (TPSA) is 44.8 Å². The zero-order valence-corrected chi connectivity index (χ0v) is 14.6. The van der Waals surface area contributed by atoms with Crippen molar-refractivity contribution in [2.75, 3.05) is 45.9 Å². The molecule has 0 spiro atoms. The fourth-order valence-corrected chi connectivity index (χ4v) is 4.57. The molecule has 2 amide bonds. The van der Waals surface area contributed by atoms with Gasteiger partial charge >= 0.3 is 6.03 Å². The molecule has 6 heteroatoms. The minimum absolute atomic E-state index is 0.0553. The van der Waals surface area contributed by atoms with Crippen LogP contribution in [-0.2, 0) is 11.2 Å². The first-order valence-electron chi connectivity index (χ1n) is 8.61. The van der Waals surface area contributed by atoms with Crippen LogP contribution in [0.15, 0.2) is 29.6 Å². The van der Waals surface area contributed by atoms with E-state index in [4.69, 9.17) is 4.74 Å². The Bertz CT molecular complexity index is 717. The van der Waals surface area contributed by atoms with Crippen LogP contribution in [-0.4, -0.2) is 67.8 Å². The van der Waals surface area contributed by atoms with Crippen molar-refractivity contribution in [1.29, 1.82) is 0 Å². The number of carbonyl (C=O) groups is 1. The van der Waals surface area contributed by atoms with Crippen LogP contribution in [0.1, 0.15) is 5.56 Å². The zero-order valence-electron chi connectivity index (χ0n) is 13.7. The van der Waals surface area contributed by atoms with Crippen LogP contribution >= 0.6 is 11.3 Å². The van der Waals surface area contributed by atoms with Gasteiger partial charge in [0.1, 0.15) is 0 Å². The first-order chi connectivity index (χ1) is 11.8. The van der Waals surface area contributed by atoms with E-state index >= 15 is 0 Å². The Balaban J connectivity index is 1.29. The molecule has 2 saturated heterocycles. The summed E-state index contributed by atoms with van der Waals surface area (Å²) in [4.78, 5) is 16.8. The summed E-state index contributed by atoms with van der Waals surface area (Å²) >= 11 is 1.77. The number of fused-ring (bicyclic) bond motifs is 2. The fraction of sp³-hybridized carbons (Fsp3) is 0.500. The lowest BCUT2D eigenvalue weighted by Crippen LogP contribution is -2.60. The molecule has 2 aliphatic rings. The molecule has 0 radical (unpaired) electrons. The van der Waals surface area contributed by atoms with Crippen LogP contribution in [0.4, 0.5) is 4.79 Å². The summed E-state index contributed by atoms with van der Waals surface area (Å²) in [6.07, 6.45) is 0.877. The number of nitrogens with one attached hydrogen (secondary N) is 1. The number of benzene rings is 1. The van der Waals surface area contributed by atoms with Gasteiger partial charge in [-0.25, -0.2) is 4.79 Å². The predicted octanol–water partition coefficient (Wildman–Crippen LogP) is 2.17. The van der Waals surface area contributed by atoms with Gasteiger partial charge in [-0.1, -0.05) is 18.2 Å². The zero-order chi connectivity index (χ0) is 16.4. The number of amides is 2. The lowest BCUT2D eigenvalue weighted by atomic mass is 10.1. The molecule has 4 rings (SSSR count). The predicted molar refractivity (Wildman–Crippen MR) is 96.7 cm³/mol. The number of thiophene rings is 1. The summed E-state index contributed by atoms with van der Waals surface area (Å²) < 4.78 is 6.85. The quantitative estimate of drug-likeness (QED) is 0.927. The number of nitrogens with zero attached hydrogens (tertiary/aromatic N) is 2. The summed E-state index contributed by atoms with van der Waals surface area (Å²) in [7, 11) is 0. The molecule has 2 aliphatic heterocycles. The van der Waals surface area contributed by atoms with Crippen LogP contribution < -0.4 is 5.32 Å². The Morgan fingerprint density at radius 2 is 2.21 bits per heavy atom. The van der Waals surface area contributed by atoms with E-state index in [1.165, 1.54) is 15.6 Å². The van der Waals surface area contributed by atoms with Gasteiger partial charge in [0.2, 0.25) is 0 Å². The minimum Gasteiger partial charge on any atom is -0.378 e. The van der Waals surface area contributed by atoms with E-state index < -0.39 is 0 Å². The highest BCUT2D eigenvalue weighted by molar-refractivity contribution is 7.17. The Labute approximate surface area is 146 Å². The molecular weight excluding hydrogens is 322 g/mol. The third-order valence-electron chi connectivity index (χ3n) is 4.96. The van der Waals surface area contributed by atoms with Crippen LogP contribution in [0.5, 0.6) is 0 Å². The van der Waals surface area contributed by atoms with Crippen LogP contribution in [0.3, 0.4) is 0 Å². The van der Waals surface area contributed by atoms with Gasteiger partial charge in [-0.05, 0) is 28.8 Å². The van der Waals surface area contributed by atoms with Crippen molar-refractivity contribution < 1.29 is 9.53 Å². The second-order valence-electron chi connectivity index (χ2n) is 6.45. The van der Waals surface area contributed by atoms with Crippen molar-refractivity contribution in [3.63, 3.8) is 0 Å². The second kappa shape index (κ2) is 7.09. The Morgan fingerprint density at radius 3 is 3.17 bits per heavy atom. The molecule has 1 aromatic carbocycles. The highest BCUT2D eigenvalue weighted by Crippen LogP contribution is 2.25. The van der Waals surface area contributed by atoms with Crippen molar-refractivity contribution in [1.82, 2.24) is 15.1 Å². The Kier molecular flexibility index (Phi) is 4.69. The van der Waals surface area contributed by atoms with Crippen molar-refractivity contribution in [2.24, 2.45) is 0 Å². The molecule has 2 aromatic rings. The largest absolute Gasteiger partial charge is 0.378 e. The Morgan fingerprint density at radius 1 is 1.29 bits per heavy atom.